The Morgan fingerprint density at radius 1 is 1.10 bits per heavy atom. The molecule has 0 radical (unpaired) electrons. The Labute approximate surface area is 126 Å². The van der Waals surface area contributed by atoms with Gasteiger partial charge in [0.1, 0.15) is 6.10 Å². The number of Topliss-reactive ketones (excluding diaryl/α,β-unsaturated/α-hetero) is 1. The van der Waals surface area contributed by atoms with Crippen LogP contribution in [0.3, 0.4) is 0 Å². The number of nitrogens with one attached hydrogen (secondary N) is 1. The minimum atomic E-state index is -0.423. The molecule has 1 unspecified atom stereocenters. The van der Waals surface area contributed by atoms with E-state index in [1.807, 2.05) is 48.5 Å². The molecule has 0 saturated heterocycles. The summed E-state index contributed by atoms with van der Waals surface area (Å²) in [6.07, 6.45) is 1.15. The number of benzene rings is 2. The van der Waals surface area contributed by atoms with Crippen molar-refractivity contribution in [2.45, 2.75) is 18.9 Å². The quantitative estimate of drug-likeness (QED) is 0.864. The van der Waals surface area contributed by atoms with E-state index in [9.17, 15) is 4.79 Å². The van der Waals surface area contributed by atoms with Gasteiger partial charge in [0, 0.05) is 10.0 Å². The normalized spacial score (nSPS) is 17.6. The molecule has 0 saturated carbocycles. The highest BCUT2D eigenvalue weighted by molar-refractivity contribution is 9.10. The predicted octanol–water partition coefficient (Wildman–Crippen LogP) is 3.99. The smallest absolute Gasteiger partial charge is 0.194 e. The summed E-state index contributed by atoms with van der Waals surface area (Å²) >= 11 is 3.38. The van der Waals surface area contributed by atoms with E-state index in [2.05, 4.69) is 21.4 Å². The van der Waals surface area contributed by atoms with Crippen LogP contribution in [-0.4, -0.2) is 11.9 Å². The summed E-state index contributed by atoms with van der Waals surface area (Å²) in [4.78, 5) is 17.9. The molecule has 1 atom stereocenters. The summed E-state index contributed by atoms with van der Waals surface area (Å²) in [7, 11) is 0. The fourth-order valence-electron chi connectivity index (χ4n) is 2.34. The van der Waals surface area contributed by atoms with Crippen LogP contribution in [0.2, 0.25) is 0 Å². The molecule has 0 amide bonds. The van der Waals surface area contributed by atoms with Crippen molar-refractivity contribution in [3.63, 3.8) is 0 Å². The maximum Gasteiger partial charge on any atom is 0.194 e. The fraction of sp³-hybridized carbons (Fsp3) is 0.188. The molecule has 0 spiro atoms. The second kappa shape index (κ2) is 5.77. The molecule has 1 aliphatic carbocycles. The maximum atomic E-state index is 12.3. The van der Waals surface area contributed by atoms with Gasteiger partial charge in [0.2, 0.25) is 0 Å². The number of carbonyl (C=O) groups excluding carboxylic acids is 1. The first-order valence-corrected chi connectivity index (χ1v) is 7.33. The van der Waals surface area contributed by atoms with Gasteiger partial charge in [-0.15, -0.1) is 0 Å². The molecule has 1 aliphatic rings. The lowest BCUT2D eigenvalue weighted by Gasteiger charge is -2.23. The van der Waals surface area contributed by atoms with Crippen LogP contribution in [0.15, 0.2) is 53.0 Å². The van der Waals surface area contributed by atoms with Crippen LogP contribution in [0.4, 0.5) is 5.69 Å². The number of ketones is 1. The van der Waals surface area contributed by atoms with Crippen LogP contribution >= 0.6 is 15.9 Å². The second-order valence-corrected chi connectivity index (χ2v) is 5.69. The summed E-state index contributed by atoms with van der Waals surface area (Å²) in [6, 6.07) is 15.4. The standard InChI is InChI=1S/C16H14BrNO2/c17-12-6-8-13(9-7-12)18-20-15-10-5-11-3-1-2-4-14(11)16(15)19/h1-4,6-9,15,18H,5,10H2. The highest BCUT2D eigenvalue weighted by atomic mass is 79.9. The maximum absolute atomic E-state index is 12.3. The van der Waals surface area contributed by atoms with Crippen LogP contribution in [0.25, 0.3) is 0 Å². The molecule has 20 heavy (non-hydrogen) atoms. The summed E-state index contributed by atoms with van der Waals surface area (Å²) in [5.41, 5.74) is 5.59. The van der Waals surface area contributed by atoms with Crippen molar-refractivity contribution in [3.8, 4) is 0 Å². The molecule has 0 aromatic heterocycles. The first-order valence-electron chi connectivity index (χ1n) is 6.53. The second-order valence-electron chi connectivity index (χ2n) is 4.78. The lowest BCUT2D eigenvalue weighted by molar-refractivity contribution is 0.0550. The van der Waals surface area contributed by atoms with Gasteiger partial charge in [0.25, 0.3) is 0 Å². The van der Waals surface area contributed by atoms with E-state index in [4.69, 9.17) is 4.84 Å². The van der Waals surface area contributed by atoms with Gasteiger partial charge in [-0.25, -0.2) is 0 Å². The van der Waals surface area contributed by atoms with E-state index in [0.717, 1.165) is 27.7 Å². The van der Waals surface area contributed by atoms with E-state index in [0.29, 0.717) is 6.42 Å². The Morgan fingerprint density at radius 3 is 2.65 bits per heavy atom. The topological polar surface area (TPSA) is 38.3 Å². The van der Waals surface area contributed by atoms with Crippen LogP contribution in [0.5, 0.6) is 0 Å². The first-order chi connectivity index (χ1) is 9.74. The number of carbonyl (C=O) groups is 1. The third-order valence-electron chi connectivity index (χ3n) is 3.41. The molecule has 3 nitrogen and oxygen atoms in total. The minimum absolute atomic E-state index is 0.0523. The number of halogens is 1. The molecule has 4 heteroatoms. The molecular formula is C16H14BrNO2. The van der Waals surface area contributed by atoms with Gasteiger partial charge >= 0.3 is 0 Å². The van der Waals surface area contributed by atoms with Crippen molar-refractivity contribution in [1.82, 2.24) is 0 Å². The summed E-state index contributed by atoms with van der Waals surface area (Å²) < 4.78 is 1.01. The molecule has 2 aromatic rings. The lowest BCUT2D eigenvalue weighted by atomic mass is 9.89. The number of hydrogen-bond acceptors (Lipinski definition) is 3. The van der Waals surface area contributed by atoms with Crippen molar-refractivity contribution < 1.29 is 9.63 Å². The minimum Gasteiger partial charge on any atom is -0.291 e. The van der Waals surface area contributed by atoms with Gasteiger partial charge in [-0.1, -0.05) is 40.2 Å². The summed E-state index contributed by atoms with van der Waals surface area (Å²) in [5, 5.41) is 0. The van der Waals surface area contributed by atoms with E-state index in [1.54, 1.807) is 0 Å². The Morgan fingerprint density at radius 2 is 1.85 bits per heavy atom. The van der Waals surface area contributed by atoms with Crippen molar-refractivity contribution in [2.75, 3.05) is 5.48 Å². The average molecular weight is 332 g/mol. The third kappa shape index (κ3) is 2.76. The Bertz CT molecular complexity index is 625. The zero-order valence-electron chi connectivity index (χ0n) is 10.8. The van der Waals surface area contributed by atoms with Gasteiger partial charge < -0.3 is 0 Å². The molecule has 0 bridgehead atoms. The first kappa shape index (κ1) is 13.3. The van der Waals surface area contributed by atoms with E-state index in [-0.39, 0.29) is 5.78 Å². The van der Waals surface area contributed by atoms with Crippen LogP contribution in [-0.2, 0) is 11.3 Å². The van der Waals surface area contributed by atoms with Crippen LogP contribution < -0.4 is 5.48 Å². The van der Waals surface area contributed by atoms with Gasteiger partial charge in [0.15, 0.2) is 5.78 Å². The van der Waals surface area contributed by atoms with E-state index >= 15 is 0 Å². The lowest BCUT2D eigenvalue weighted by Crippen LogP contribution is -2.31. The number of rotatable bonds is 3. The molecular weight excluding hydrogens is 318 g/mol. The number of anilines is 1. The van der Waals surface area contributed by atoms with Gasteiger partial charge in [-0.05, 0) is 42.7 Å². The Hall–Kier alpha value is -1.65. The molecule has 0 fully saturated rings. The van der Waals surface area contributed by atoms with Crippen LogP contribution in [0, 0.1) is 0 Å². The van der Waals surface area contributed by atoms with E-state index in [1.165, 1.54) is 0 Å². The number of aryl methyl sites for hydroxylation is 1. The molecule has 3 rings (SSSR count). The van der Waals surface area contributed by atoms with Gasteiger partial charge in [0.05, 0.1) is 5.69 Å². The Kier molecular flexibility index (Phi) is 3.85. The Balaban J connectivity index is 1.68. The van der Waals surface area contributed by atoms with Gasteiger partial charge in [-0.3, -0.25) is 15.1 Å². The fourth-order valence-corrected chi connectivity index (χ4v) is 2.60. The van der Waals surface area contributed by atoms with Crippen molar-refractivity contribution in [1.29, 1.82) is 0 Å². The third-order valence-corrected chi connectivity index (χ3v) is 3.94. The monoisotopic (exact) mass is 331 g/mol. The molecule has 1 N–H and O–H groups in total. The van der Waals surface area contributed by atoms with Crippen LogP contribution in [0.1, 0.15) is 22.3 Å². The van der Waals surface area contributed by atoms with Gasteiger partial charge in [-0.2, -0.15) is 0 Å². The predicted molar refractivity (Wildman–Crippen MR) is 81.7 cm³/mol. The number of hydrogen-bond donors (Lipinski definition) is 1. The summed E-state index contributed by atoms with van der Waals surface area (Å²) in [6.45, 7) is 0. The summed E-state index contributed by atoms with van der Waals surface area (Å²) in [5.74, 6) is 0.0523. The largest absolute Gasteiger partial charge is 0.291 e. The SMILES string of the molecule is O=C1c2ccccc2CCC1ONc1ccc(Br)cc1. The van der Waals surface area contributed by atoms with Crippen molar-refractivity contribution >= 4 is 27.4 Å². The number of fused-ring (bicyclic) bond motifs is 1. The highest BCUT2D eigenvalue weighted by Gasteiger charge is 2.28. The zero-order chi connectivity index (χ0) is 13.9. The highest BCUT2D eigenvalue weighted by Crippen LogP contribution is 2.23. The van der Waals surface area contributed by atoms with E-state index < -0.39 is 6.10 Å². The van der Waals surface area contributed by atoms with Crippen molar-refractivity contribution in [2.24, 2.45) is 0 Å². The molecule has 0 aliphatic heterocycles. The molecule has 0 heterocycles. The molecule has 2 aromatic carbocycles. The molecule has 102 valence electrons. The van der Waals surface area contributed by atoms with Crippen molar-refractivity contribution in [3.05, 3.63) is 64.1 Å². The zero-order valence-corrected chi connectivity index (χ0v) is 12.4. The average Bonchev–Trinajstić information content (AvgIpc) is 2.49.